The van der Waals surface area contributed by atoms with E-state index in [4.69, 9.17) is 11.6 Å². The number of nitrogens with one attached hydrogen (secondary N) is 1. The topological polar surface area (TPSA) is 59.3 Å². The molecule has 0 atom stereocenters. The number of hydrogen-bond donors (Lipinski definition) is 1. The summed E-state index contributed by atoms with van der Waals surface area (Å²) in [6, 6.07) is 5.81. The third kappa shape index (κ3) is 2.64. The molecule has 3 aromatic heterocycles. The molecule has 7 heteroatoms. The number of carbonyl (C=O) groups excluding carboxylic acids is 1. The normalized spacial score (nSPS) is 11.2. The Hall–Kier alpha value is -1.92. The number of carbonyl (C=O) groups is 1. The summed E-state index contributed by atoms with van der Waals surface area (Å²) in [5.41, 5.74) is 2.32. The molecular formula is C14H13ClN4OS. The molecule has 0 aliphatic carbocycles. The summed E-state index contributed by atoms with van der Waals surface area (Å²) in [6.07, 6.45) is 3.56. The summed E-state index contributed by atoms with van der Waals surface area (Å²) in [7, 11) is 0. The molecule has 3 heterocycles. The van der Waals surface area contributed by atoms with Crippen LogP contribution in [0.3, 0.4) is 0 Å². The minimum atomic E-state index is -0.209. The molecule has 3 rings (SSSR count). The first-order valence-electron chi connectivity index (χ1n) is 6.46. The fourth-order valence-electron chi connectivity index (χ4n) is 2.01. The van der Waals surface area contributed by atoms with Crippen LogP contribution < -0.4 is 5.32 Å². The van der Waals surface area contributed by atoms with E-state index in [9.17, 15) is 4.79 Å². The van der Waals surface area contributed by atoms with Gasteiger partial charge in [-0.2, -0.15) is 5.10 Å². The molecule has 0 saturated heterocycles. The van der Waals surface area contributed by atoms with Crippen molar-refractivity contribution in [3.63, 3.8) is 0 Å². The van der Waals surface area contributed by atoms with Gasteiger partial charge in [0.1, 0.15) is 10.0 Å². The molecule has 0 saturated carbocycles. The second-order valence-corrected chi connectivity index (χ2v) is 6.46. The van der Waals surface area contributed by atoms with Gasteiger partial charge in [0, 0.05) is 17.8 Å². The molecule has 0 radical (unpaired) electrons. The highest BCUT2D eigenvalue weighted by Gasteiger charge is 2.19. The highest BCUT2D eigenvalue weighted by atomic mass is 35.5. The molecule has 0 fully saturated rings. The number of hydrogen-bond acceptors (Lipinski definition) is 4. The van der Waals surface area contributed by atoms with Crippen LogP contribution in [-0.4, -0.2) is 26.5 Å². The summed E-state index contributed by atoms with van der Waals surface area (Å²) in [4.78, 5) is 16.4. The van der Waals surface area contributed by atoms with E-state index in [0.29, 0.717) is 15.0 Å². The lowest BCUT2D eigenvalue weighted by Crippen LogP contribution is -2.29. The lowest BCUT2D eigenvalue weighted by molar-refractivity contribution is 0.0943. The van der Waals surface area contributed by atoms with Crippen molar-refractivity contribution in [1.29, 1.82) is 0 Å². The van der Waals surface area contributed by atoms with Crippen LogP contribution in [0.2, 0.25) is 4.34 Å². The van der Waals surface area contributed by atoms with Crippen molar-refractivity contribution < 1.29 is 4.79 Å². The molecule has 0 aliphatic rings. The van der Waals surface area contributed by atoms with Gasteiger partial charge in [0.15, 0.2) is 5.01 Å². The van der Waals surface area contributed by atoms with E-state index in [1.807, 2.05) is 38.2 Å². The Morgan fingerprint density at radius 2 is 2.24 bits per heavy atom. The van der Waals surface area contributed by atoms with Crippen LogP contribution in [0.15, 0.2) is 30.6 Å². The quantitative estimate of drug-likeness (QED) is 0.806. The van der Waals surface area contributed by atoms with Crippen molar-refractivity contribution in [3.8, 4) is 11.3 Å². The fraction of sp³-hybridized carbons (Fsp3) is 0.214. The SMILES string of the molecule is CC(C)NC(=O)c1nc(-c2cnn3ccccc23)c(Cl)s1. The van der Waals surface area contributed by atoms with Crippen LogP contribution in [0.4, 0.5) is 0 Å². The largest absolute Gasteiger partial charge is 0.348 e. The van der Waals surface area contributed by atoms with Gasteiger partial charge in [-0.15, -0.1) is 0 Å². The third-order valence-electron chi connectivity index (χ3n) is 2.88. The first kappa shape index (κ1) is 14.0. The number of pyridine rings is 1. The molecule has 0 bridgehead atoms. The molecule has 0 aliphatic heterocycles. The van der Waals surface area contributed by atoms with Crippen LogP contribution in [0.25, 0.3) is 16.8 Å². The molecular weight excluding hydrogens is 308 g/mol. The van der Waals surface area contributed by atoms with E-state index in [2.05, 4.69) is 15.4 Å². The fourth-order valence-corrected chi connectivity index (χ4v) is 3.08. The number of amides is 1. The number of nitrogens with zero attached hydrogens (tertiary/aromatic N) is 3. The van der Waals surface area contributed by atoms with E-state index >= 15 is 0 Å². The van der Waals surface area contributed by atoms with Crippen LogP contribution >= 0.6 is 22.9 Å². The summed E-state index contributed by atoms with van der Waals surface area (Å²) < 4.78 is 2.24. The predicted octanol–water partition coefficient (Wildman–Crippen LogP) is 3.25. The van der Waals surface area contributed by atoms with Crippen LogP contribution in [0, 0.1) is 0 Å². The van der Waals surface area contributed by atoms with Gasteiger partial charge in [0.25, 0.3) is 5.91 Å². The smallest absolute Gasteiger partial charge is 0.280 e. The summed E-state index contributed by atoms with van der Waals surface area (Å²) >= 11 is 7.43. The number of thiazole rings is 1. The number of rotatable bonds is 3. The molecule has 1 amide bonds. The average molecular weight is 321 g/mol. The van der Waals surface area contributed by atoms with Crippen LogP contribution in [-0.2, 0) is 0 Å². The van der Waals surface area contributed by atoms with E-state index in [1.165, 1.54) is 11.3 Å². The average Bonchev–Trinajstić information content (AvgIpc) is 3.01. The predicted molar refractivity (Wildman–Crippen MR) is 83.9 cm³/mol. The summed E-state index contributed by atoms with van der Waals surface area (Å²) in [5, 5.41) is 7.43. The van der Waals surface area contributed by atoms with Crippen molar-refractivity contribution in [1.82, 2.24) is 19.9 Å². The van der Waals surface area contributed by atoms with Crippen LogP contribution in [0.5, 0.6) is 0 Å². The van der Waals surface area contributed by atoms with Crippen LogP contribution in [0.1, 0.15) is 23.6 Å². The molecule has 1 N–H and O–H groups in total. The Labute approximate surface area is 130 Å². The first-order chi connectivity index (χ1) is 10.1. The Balaban J connectivity index is 2.03. The van der Waals surface area contributed by atoms with Gasteiger partial charge in [-0.3, -0.25) is 4.79 Å². The Morgan fingerprint density at radius 1 is 1.43 bits per heavy atom. The summed E-state index contributed by atoms with van der Waals surface area (Å²) in [5.74, 6) is -0.209. The molecule has 5 nitrogen and oxygen atoms in total. The van der Waals surface area contributed by atoms with Crippen molar-refractivity contribution >= 4 is 34.4 Å². The molecule has 3 aromatic rings. The second-order valence-electron chi connectivity index (χ2n) is 4.86. The molecule has 0 aromatic carbocycles. The van der Waals surface area contributed by atoms with Gasteiger partial charge >= 0.3 is 0 Å². The van der Waals surface area contributed by atoms with Crippen molar-refractivity contribution in [3.05, 3.63) is 39.9 Å². The molecule has 21 heavy (non-hydrogen) atoms. The maximum atomic E-state index is 12.0. The van der Waals surface area contributed by atoms with Crippen molar-refractivity contribution in [2.75, 3.05) is 0 Å². The standard InChI is InChI=1S/C14H13ClN4OS/c1-8(2)17-13(20)14-18-11(12(15)21-14)9-7-16-19-6-4-3-5-10(9)19/h3-8H,1-2H3,(H,17,20). The van der Waals surface area contributed by atoms with Gasteiger partial charge < -0.3 is 5.32 Å². The van der Waals surface area contributed by atoms with E-state index < -0.39 is 0 Å². The van der Waals surface area contributed by atoms with Gasteiger partial charge in [0.2, 0.25) is 0 Å². The Kier molecular flexibility index (Phi) is 3.65. The minimum Gasteiger partial charge on any atom is -0.348 e. The maximum Gasteiger partial charge on any atom is 0.280 e. The zero-order valence-electron chi connectivity index (χ0n) is 11.5. The van der Waals surface area contributed by atoms with Gasteiger partial charge in [-0.1, -0.05) is 29.0 Å². The lowest BCUT2D eigenvalue weighted by Gasteiger charge is -2.04. The van der Waals surface area contributed by atoms with E-state index in [-0.39, 0.29) is 11.9 Å². The summed E-state index contributed by atoms with van der Waals surface area (Å²) in [6.45, 7) is 3.80. The van der Waals surface area contributed by atoms with Crippen molar-refractivity contribution in [2.45, 2.75) is 19.9 Å². The molecule has 0 unspecified atom stereocenters. The van der Waals surface area contributed by atoms with E-state index in [1.54, 1.807) is 10.7 Å². The number of halogens is 1. The maximum absolute atomic E-state index is 12.0. The third-order valence-corrected chi connectivity index (χ3v) is 4.13. The molecule has 108 valence electrons. The minimum absolute atomic E-state index is 0.0561. The highest BCUT2D eigenvalue weighted by Crippen LogP contribution is 2.34. The van der Waals surface area contributed by atoms with Gasteiger partial charge in [0.05, 0.1) is 11.7 Å². The number of aromatic nitrogens is 3. The first-order valence-corrected chi connectivity index (χ1v) is 7.65. The lowest BCUT2D eigenvalue weighted by atomic mass is 10.2. The Morgan fingerprint density at radius 3 is 3.00 bits per heavy atom. The zero-order valence-corrected chi connectivity index (χ0v) is 13.1. The van der Waals surface area contributed by atoms with E-state index in [0.717, 1.165) is 11.1 Å². The van der Waals surface area contributed by atoms with Crippen molar-refractivity contribution in [2.24, 2.45) is 0 Å². The molecule has 0 spiro atoms. The second kappa shape index (κ2) is 5.46. The number of fused-ring (bicyclic) bond motifs is 1. The highest BCUT2D eigenvalue weighted by molar-refractivity contribution is 7.18. The zero-order chi connectivity index (χ0) is 15.0. The monoisotopic (exact) mass is 320 g/mol. The van der Waals surface area contributed by atoms with Gasteiger partial charge in [-0.05, 0) is 26.0 Å². The Bertz CT molecular complexity index is 808. The van der Waals surface area contributed by atoms with Gasteiger partial charge in [-0.25, -0.2) is 9.50 Å².